The van der Waals surface area contributed by atoms with Gasteiger partial charge in [-0.1, -0.05) is 36.7 Å². The smallest absolute Gasteiger partial charge is 0.348 e. The summed E-state index contributed by atoms with van der Waals surface area (Å²) >= 11 is 5.74. The third-order valence-corrected chi connectivity index (χ3v) is 3.52. The van der Waals surface area contributed by atoms with Gasteiger partial charge in [0.05, 0.1) is 5.02 Å². The number of rotatable bonds is 7. The molecule has 0 saturated carbocycles. The highest BCUT2D eigenvalue weighted by Gasteiger charge is 2.25. The molecule has 0 saturated heterocycles. The van der Waals surface area contributed by atoms with Crippen LogP contribution in [0.25, 0.3) is 0 Å². The van der Waals surface area contributed by atoms with Gasteiger partial charge in [-0.15, -0.1) is 0 Å². The van der Waals surface area contributed by atoms with Crippen LogP contribution in [0.15, 0.2) is 48.7 Å². The summed E-state index contributed by atoms with van der Waals surface area (Å²) in [5.74, 6) is -0.200. The Morgan fingerprint density at radius 1 is 1.20 bits per heavy atom. The lowest BCUT2D eigenvalue weighted by atomic mass is 10.2. The van der Waals surface area contributed by atoms with Crippen LogP contribution < -0.4 is 10.1 Å². The average Bonchev–Trinajstić information content (AvgIpc) is 2.62. The summed E-state index contributed by atoms with van der Waals surface area (Å²) in [6.45, 7) is 3.29. The van der Waals surface area contributed by atoms with Gasteiger partial charge in [0, 0.05) is 6.20 Å². The highest BCUT2D eigenvalue weighted by molar-refractivity contribution is 6.30. The highest BCUT2D eigenvalue weighted by atomic mass is 35.5. The maximum Gasteiger partial charge on any atom is 0.348 e. The van der Waals surface area contributed by atoms with Gasteiger partial charge < -0.3 is 14.8 Å². The molecule has 1 aromatic heterocycles. The summed E-state index contributed by atoms with van der Waals surface area (Å²) in [5, 5.41) is 3.01. The number of nitrogens with zero attached hydrogens (tertiary/aromatic N) is 1. The highest BCUT2D eigenvalue weighted by Crippen LogP contribution is 2.14. The number of carbonyl (C=O) groups is 2. The first-order chi connectivity index (χ1) is 12.0. The van der Waals surface area contributed by atoms with Crippen molar-refractivity contribution in [3.05, 3.63) is 53.7 Å². The molecule has 0 bridgehead atoms. The van der Waals surface area contributed by atoms with Gasteiger partial charge in [-0.05, 0) is 37.6 Å². The summed E-state index contributed by atoms with van der Waals surface area (Å²) in [5.41, 5.74) is 0. The number of halogens is 1. The Kier molecular flexibility index (Phi) is 6.77. The Bertz CT molecular complexity index is 707. The minimum Gasteiger partial charge on any atom is -0.479 e. The largest absolute Gasteiger partial charge is 0.479 e. The third kappa shape index (κ3) is 5.76. The van der Waals surface area contributed by atoms with E-state index in [9.17, 15) is 9.59 Å². The molecule has 1 aromatic carbocycles. The van der Waals surface area contributed by atoms with Crippen LogP contribution in [0.1, 0.15) is 20.3 Å². The first-order valence-electron chi connectivity index (χ1n) is 7.84. The van der Waals surface area contributed by atoms with E-state index in [-0.39, 0.29) is 0 Å². The molecule has 0 aliphatic rings. The van der Waals surface area contributed by atoms with Crippen LogP contribution in [0, 0.1) is 0 Å². The zero-order valence-electron chi connectivity index (χ0n) is 13.9. The van der Waals surface area contributed by atoms with E-state index in [0.717, 1.165) is 0 Å². The van der Waals surface area contributed by atoms with Gasteiger partial charge in [0.25, 0.3) is 5.91 Å². The number of anilines is 1. The summed E-state index contributed by atoms with van der Waals surface area (Å²) in [6, 6.07) is 12.1. The van der Waals surface area contributed by atoms with Gasteiger partial charge in [0.1, 0.15) is 11.6 Å². The molecule has 0 radical (unpaired) electrons. The number of amides is 1. The molecule has 25 heavy (non-hydrogen) atoms. The third-order valence-electron chi connectivity index (χ3n) is 3.30. The first-order valence-corrected chi connectivity index (χ1v) is 8.22. The SMILES string of the molecule is CC[C@@H](Oc1ccccc1)C(=O)O[C@H](C)C(=O)Nc1ccc(Cl)cn1. The van der Waals surface area contributed by atoms with E-state index < -0.39 is 24.1 Å². The molecule has 0 aliphatic heterocycles. The lowest BCUT2D eigenvalue weighted by Gasteiger charge is -2.19. The number of benzene rings is 1. The fourth-order valence-electron chi connectivity index (χ4n) is 1.94. The predicted molar refractivity (Wildman–Crippen MR) is 94.6 cm³/mol. The number of hydrogen-bond donors (Lipinski definition) is 1. The molecule has 1 N–H and O–H groups in total. The lowest BCUT2D eigenvalue weighted by Crippen LogP contribution is -2.36. The summed E-state index contributed by atoms with van der Waals surface area (Å²) in [7, 11) is 0. The molecule has 7 heteroatoms. The quantitative estimate of drug-likeness (QED) is 0.763. The topological polar surface area (TPSA) is 77.5 Å². The maximum atomic E-state index is 12.2. The first kappa shape index (κ1) is 18.7. The second-order valence-corrected chi connectivity index (χ2v) is 5.69. The van der Waals surface area contributed by atoms with Crippen molar-refractivity contribution in [1.82, 2.24) is 4.98 Å². The molecular formula is C18H19ClN2O4. The van der Waals surface area contributed by atoms with Crippen molar-refractivity contribution in [3.8, 4) is 5.75 Å². The van der Waals surface area contributed by atoms with Gasteiger partial charge >= 0.3 is 5.97 Å². The number of aromatic nitrogens is 1. The van der Waals surface area contributed by atoms with Crippen LogP contribution in [0.3, 0.4) is 0 Å². The Labute approximate surface area is 151 Å². The molecule has 1 heterocycles. The Morgan fingerprint density at radius 2 is 1.92 bits per heavy atom. The van der Waals surface area contributed by atoms with E-state index in [2.05, 4.69) is 10.3 Å². The van der Waals surface area contributed by atoms with E-state index in [1.807, 2.05) is 18.2 Å². The van der Waals surface area contributed by atoms with Crippen molar-refractivity contribution in [2.45, 2.75) is 32.5 Å². The average molecular weight is 363 g/mol. The zero-order valence-corrected chi connectivity index (χ0v) is 14.7. The molecule has 132 valence electrons. The summed E-state index contributed by atoms with van der Waals surface area (Å²) in [4.78, 5) is 28.3. The van der Waals surface area contributed by atoms with Gasteiger partial charge in [0.15, 0.2) is 12.2 Å². The molecule has 2 aromatic rings. The van der Waals surface area contributed by atoms with Gasteiger partial charge in [-0.3, -0.25) is 4.79 Å². The predicted octanol–water partition coefficient (Wildman–Crippen LogP) is 3.46. The molecule has 6 nitrogen and oxygen atoms in total. The van der Waals surface area contributed by atoms with Gasteiger partial charge in [0.2, 0.25) is 0 Å². The van der Waals surface area contributed by atoms with Crippen molar-refractivity contribution in [2.75, 3.05) is 5.32 Å². The number of carbonyl (C=O) groups excluding carboxylic acids is 2. The Balaban J connectivity index is 1.90. The van der Waals surface area contributed by atoms with Crippen LogP contribution in [-0.2, 0) is 14.3 Å². The minimum absolute atomic E-state index is 0.324. The Hall–Kier alpha value is -2.60. The number of pyridine rings is 1. The van der Waals surface area contributed by atoms with E-state index in [4.69, 9.17) is 21.1 Å². The van der Waals surface area contributed by atoms with Crippen molar-refractivity contribution in [2.24, 2.45) is 0 Å². The number of nitrogens with one attached hydrogen (secondary N) is 1. The monoisotopic (exact) mass is 362 g/mol. The van der Waals surface area contributed by atoms with Gasteiger partial charge in [-0.2, -0.15) is 0 Å². The molecule has 2 rings (SSSR count). The number of hydrogen-bond acceptors (Lipinski definition) is 5. The fourth-order valence-corrected chi connectivity index (χ4v) is 2.05. The molecule has 1 amide bonds. The molecule has 0 aliphatic carbocycles. The molecule has 2 atom stereocenters. The number of esters is 1. The van der Waals surface area contributed by atoms with Crippen LogP contribution in [-0.4, -0.2) is 29.1 Å². The molecule has 0 fully saturated rings. The Morgan fingerprint density at radius 3 is 2.52 bits per heavy atom. The second-order valence-electron chi connectivity index (χ2n) is 5.26. The minimum atomic E-state index is -0.988. The van der Waals surface area contributed by atoms with Crippen LogP contribution in [0.5, 0.6) is 5.75 Å². The maximum absolute atomic E-state index is 12.2. The van der Waals surface area contributed by atoms with Crippen molar-refractivity contribution in [1.29, 1.82) is 0 Å². The second kappa shape index (κ2) is 9.03. The van der Waals surface area contributed by atoms with Crippen molar-refractivity contribution < 1.29 is 19.1 Å². The van der Waals surface area contributed by atoms with Crippen molar-refractivity contribution in [3.63, 3.8) is 0 Å². The molecule has 0 spiro atoms. The van der Waals surface area contributed by atoms with Crippen LogP contribution in [0.4, 0.5) is 5.82 Å². The number of para-hydroxylation sites is 1. The van der Waals surface area contributed by atoms with E-state index in [1.54, 1.807) is 31.2 Å². The zero-order chi connectivity index (χ0) is 18.2. The molecule has 0 unspecified atom stereocenters. The standard InChI is InChI=1S/C18H19ClN2O4/c1-3-15(25-14-7-5-4-6-8-14)18(23)24-12(2)17(22)21-16-10-9-13(19)11-20-16/h4-12,15H,3H2,1-2H3,(H,20,21,22)/t12-,15-/m1/s1. The lowest BCUT2D eigenvalue weighted by molar-refractivity contribution is -0.160. The summed E-state index contributed by atoms with van der Waals surface area (Å²) in [6.07, 6.45) is 0.0554. The summed E-state index contributed by atoms with van der Waals surface area (Å²) < 4.78 is 10.8. The fraction of sp³-hybridized carbons (Fsp3) is 0.278. The van der Waals surface area contributed by atoms with Crippen molar-refractivity contribution >= 4 is 29.3 Å². The number of ether oxygens (including phenoxy) is 2. The normalized spacial score (nSPS) is 12.8. The van der Waals surface area contributed by atoms with E-state index in [0.29, 0.717) is 23.0 Å². The van der Waals surface area contributed by atoms with E-state index in [1.165, 1.54) is 13.1 Å². The van der Waals surface area contributed by atoms with Crippen LogP contribution in [0.2, 0.25) is 5.02 Å². The van der Waals surface area contributed by atoms with Gasteiger partial charge in [-0.25, -0.2) is 9.78 Å². The molecular weight excluding hydrogens is 344 g/mol. The van der Waals surface area contributed by atoms with Crippen LogP contribution >= 0.6 is 11.6 Å². The van der Waals surface area contributed by atoms with E-state index >= 15 is 0 Å².